The number of rotatable bonds is 4. The Morgan fingerprint density at radius 2 is 2.25 bits per heavy atom. The largest absolute Gasteiger partial charge is 0.479 e. The zero-order valence-corrected chi connectivity index (χ0v) is 9.80. The highest BCUT2D eigenvalue weighted by molar-refractivity contribution is 9.10. The molecule has 1 unspecified atom stereocenters. The molecule has 1 atom stereocenters. The van der Waals surface area contributed by atoms with Crippen molar-refractivity contribution in [2.75, 3.05) is 0 Å². The van der Waals surface area contributed by atoms with Gasteiger partial charge in [-0.2, -0.15) is 0 Å². The van der Waals surface area contributed by atoms with Gasteiger partial charge in [-0.25, -0.2) is 4.79 Å². The van der Waals surface area contributed by atoms with Crippen molar-refractivity contribution in [1.82, 2.24) is 0 Å². The number of hydrogen-bond acceptors (Lipinski definition) is 4. The Morgan fingerprint density at radius 3 is 2.75 bits per heavy atom. The van der Waals surface area contributed by atoms with Gasteiger partial charge in [-0.05, 0) is 28.9 Å². The van der Waals surface area contributed by atoms with Crippen molar-refractivity contribution < 1.29 is 19.6 Å². The maximum absolute atomic E-state index is 10.7. The molecule has 0 fully saturated rings. The van der Waals surface area contributed by atoms with Gasteiger partial charge in [-0.15, -0.1) is 0 Å². The maximum atomic E-state index is 10.7. The Kier molecular flexibility index (Phi) is 3.83. The molecule has 1 aromatic rings. The van der Waals surface area contributed by atoms with Crippen molar-refractivity contribution in [3.05, 3.63) is 32.8 Å². The van der Waals surface area contributed by atoms with Crippen molar-refractivity contribution in [2.24, 2.45) is 0 Å². The summed E-state index contributed by atoms with van der Waals surface area (Å²) in [6.07, 6.45) is -1.16. The van der Waals surface area contributed by atoms with E-state index in [0.29, 0.717) is 4.47 Å². The average molecular weight is 290 g/mol. The molecule has 0 aliphatic heterocycles. The van der Waals surface area contributed by atoms with E-state index < -0.39 is 17.0 Å². The number of benzene rings is 1. The molecule has 7 heteroatoms. The van der Waals surface area contributed by atoms with Crippen molar-refractivity contribution in [2.45, 2.75) is 13.0 Å². The van der Waals surface area contributed by atoms with Crippen LogP contribution in [0, 0.1) is 10.1 Å². The molecule has 1 aromatic carbocycles. The molecule has 6 nitrogen and oxygen atoms in total. The van der Waals surface area contributed by atoms with Crippen LogP contribution in [0.25, 0.3) is 0 Å². The van der Waals surface area contributed by atoms with E-state index in [1.165, 1.54) is 25.1 Å². The highest BCUT2D eigenvalue weighted by atomic mass is 79.9. The van der Waals surface area contributed by atoms with Crippen molar-refractivity contribution in [3.8, 4) is 5.75 Å². The average Bonchev–Trinajstić information content (AvgIpc) is 2.20. The summed E-state index contributed by atoms with van der Waals surface area (Å²) in [6.45, 7) is 1.30. The van der Waals surface area contributed by atoms with E-state index in [-0.39, 0.29) is 11.4 Å². The first-order valence-corrected chi connectivity index (χ1v) is 5.05. The summed E-state index contributed by atoms with van der Waals surface area (Å²) in [5, 5.41) is 19.3. The van der Waals surface area contributed by atoms with Crippen LogP contribution < -0.4 is 4.74 Å². The first kappa shape index (κ1) is 12.4. The van der Waals surface area contributed by atoms with Crippen LogP contribution in [0.4, 0.5) is 5.69 Å². The van der Waals surface area contributed by atoms with Crippen LogP contribution in [-0.2, 0) is 4.79 Å². The van der Waals surface area contributed by atoms with Crippen molar-refractivity contribution in [3.63, 3.8) is 0 Å². The van der Waals surface area contributed by atoms with Gasteiger partial charge in [0.2, 0.25) is 5.75 Å². The lowest BCUT2D eigenvalue weighted by atomic mass is 10.3. The van der Waals surface area contributed by atoms with Crippen LogP contribution in [0.2, 0.25) is 0 Å². The van der Waals surface area contributed by atoms with Gasteiger partial charge < -0.3 is 9.84 Å². The number of aliphatic carboxylic acids is 1. The third-order valence-corrected chi connectivity index (χ3v) is 2.41. The predicted molar refractivity (Wildman–Crippen MR) is 58.5 cm³/mol. The predicted octanol–water partition coefficient (Wildman–Crippen LogP) is 2.21. The summed E-state index contributed by atoms with van der Waals surface area (Å²) in [4.78, 5) is 20.6. The topological polar surface area (TPSA) is 89.7 Å². The number of nitrogens with zero attached hydrogens (tertiary/aromatic N) is 1. The van der Waals surface area contributed by atoms with Crippen LogP contribution in [-0.4, -0.2) is 22.1 Å². The first-order valence-electron chi connectivity index (χ1n) is 4.26. The van der Waals surface area contributed by atoms with Crippen molar-refractivity contribution >= 4 is 27.6 Å². The van der Waals surface area contributed by atoms with Gasteiger partial charge in [0.15, 0.2) is 6.10 Å². The minimum Gasteiger partial charge on any atom is -0.479 e. The molecule has 0 aromatic heterocycles. The first-order chi connectivity index (χ1) is 7.43. The highest BCUT2D eigenvalue weighted by Gasteiger charge is 2.22. The lowest BCUT2D eigenvalue weighted by Gasteiger charge is -2.11. The lowest BCUT2D eigenvalue weighted by Crippen LogP contribution is -2.23. The third kappa shape index (κ3) is 2.69. The molecule has 0 amide bonds. The normalized spacial score (nSPS) is 11.9. The van der Waals surface area contributed by atoms with Crippen LogP contribution in [0.15, 0.2) is 22.7 Å². The Balaban J connectivity index is 3.11. The Bertz CT molecular complexity index is 434. The number of nitro groups is 1. The molecular formula is C9H8BrNO5. The molecule has 86 valence electrons. The fraction of sp³-hybridized carbons (Fsp3) is 0.222. The smallest absolute Gasteiger partial charge is 0.344 e. The summed E-state index contributed by atoms with van der Waals surface area (Å²) < 4.78 is 5.35. The lowest BCUT2D eigenvalue weighted by molar-refractivity contribution is -0.386. The summed E-state index contributed by atoms with van der Waals surface area (Å²) >= 11 is 3.07. The van der Waals surface area contributed by atoms with E-state index in [1.54, 1.807) is 0 Å². The maximum Gasteiger partial charge on any atom is 0.344 e. The molecule has 0 bridgehead atoms. The second kappa shape index (κ2) is 4.93. The number of hydrogen-bond donors (Lipinski definition) is 1. The van der Waals surface area contributed by atoms with E-state index in [9.17, 15) is 14.9 Å². The molecule has 0 aliphatic carbocycles. The minimum absolute atomic E-state index is 0.0811. The highest BCUT2D eigenvalue weighted by Crippen LogP contribution is 2.35. The molecule has 1 N–H and O–H groups in total. The zero-order valence-electron chi connectivity index (χ0n) is 8.21. The van der Waals surface area contributed by atoms with E-state index >= 15 is 0 Å². The van der Waals surface area contributed by atoms with E-state index in [2.05, 4.69) is 15.9 Å². The Labute approximate surface area is 99.1 Å². The van der Waals surface area contributed by atoms with E-state index in [4.69, 9.17) is 9.84 Å². The third-order valence-electron chi connectivity index (χ3n) is 1.79. The Hall–Kier alpha value is -1.63. The summed E-state index contributed by atoms with van der Waals surface area (Å²) in [5.74, 6) is -1.27. The van der Waals surface area contributed by atoms with Crippen molar-refractivity contribution in [1.29, 1.82) is 0 Å². The van der Waals surface area contributed by atoms with Gasteiger partial charge >= 0.3 is 11.7 Å². The number of para-hydroxylation sites is 1. The SMILES string of the molecule is CC(Oc1c(Br)cccc1[N+](=O)[O-])C(=O)O. The zero-order chi connectivity index (χ0) is 12.3. The summed E-state index contributed by atoms with van der Waals surface area (Å²) in [6, 6.07) is 4.26. The summed E-state index contributed by atoms with van der Waals surface area (Å²) in [5.41, 5.74) is -0.275. The fourth-order valence-electron chi connectivity index (χ4n) is 0.985. The molecule has 16 heavy (non-hydrogen) atoms. The van der Waals surface area contributed by atoms with Gasteiger partial charge in [-0.1, -0.05) is 6.07 Å². The molecule has 1 rings (SSSR count). The molecule has 0 saturated heterocycles. The minimum atomic E-state index is -1.19. The number of carboxylic acid groups (broad SMARTS) is 1. The molecule has 0 spiro atoms. The molecule has 0 aliphatic rings. The monoisotopic (exact) mass is 289 g/mol. The number of nitro benzene ring substituents is 1. The number of ether oxygens (including phenoxy) is 1. The Morgan fingerprint density at radius 1 is 1.62 bits per heavy atom. The fourth-order valence-corrected chi connectivity index (χ4v) is 1.43. The second-order valence-electron chi connectivity index (χ2n) is 2.94. The molecule has 0 radical (unpaired) electrons. The van der Waals surface area contributed by atoms with Gasteiger partial charge in [0.1, 0.15) is 0 Å². The van der Waals surface area contributed by atoms with Crippen LogP contribution in [0.1, 0.15) is 6.92 Å². The van der Waals surface area contributed by atoms with Gasteiger partial charge in [0.25, 0.3) is 0 Å². The van der Waals surface area contributed by atoms with Crippen LogP contribution in [0.5, 0.6) is 5.75 Å². The standard InChI is InChI=1S/C9H8BrNO5/c1-5(9(12)13)16-8-6(10)3-2-4-7(8)11(14)15/h2-5H,1H3,(H,12,13). The quantitative estimate of drug-likeness (QED) is 0.678. The van der Waals surface area contributed by atoms with Gasteiger partial charge in [-0.3, -0.25) is 10.1 Å². The number of carbonyl (C=O) groups is 1. The molecular weight excluding hydrogens is 282 g/mol. The molecule has 0 heterocycles. The van der Waals surface area contributed by atoms with Crippen LogP contribution >= 0.6 is 15.9 Å². The van der Waals surface area contributed by atoms with Gasteiger partial charge in [0.05, 0.1) is 9.40 Å². The molecule has 0 saturated carbocycles. The second-order valence-corrected chi connectivity index (χ2v) is 3.80. The van der Waals surface area contributed by atoms with E-state index in [1.807, 2.05) is 0 Å². The number of halogens is 1. The van der Waals surface area contributed by atoms with E-state index in [0.717, 1.165) is 0 Å². The summed E-state index contributed by atoms with van der Waals surface area (Å²) in [7, 11) is 0. The number of carboxylic acids is 1. The van der Waals surface area contributed by atoms with Crippen LogP contribution in [0.3, 0.4) is 0 Å². The van der Waals surface area contributed by atoms with Gasteiger partial charge in [0, 0.05) is 6.07 Å².